The van der Waals surface area contributed by atoms with Crippen LogP contribution in [0.4, 0.5) is 0 Å². The maximum atomic E-state index is 12.9. The predicted molar refractivity (Wildman–Crippen MR) is 147 cm³/mol. The van der Waals surface area contributed by atoms with E-state index in [1.807, 2.05) is 0 Å². The summed E-state index contributed by atoms with van der Waals surface area (Å²) in [6.45, 7) is 4.42. The summed E-state index contributed by atoms with van der Waals surface area (Å²) in [6, 6.07) is 15.6. The van der Waals surface area contributed by atoms with Crippen molar-refractivity contribution in [2.75, 3.05) is 33.5 Å². The van der Waals surface area contributed by atoms with Crippen LogP contribution in [-0.2, 0) is 39.7 Å². The Labute approximate surface area is 233 Å². The molecule has 0 fully saturated rings. The van der Waals surface area contributed by atoms with Gasteiger partial charge in [-0.05, 0) is 31.0 Å². The standard InChI is InChI=1S/C20H25ClN2O5.C7H8O3S/c1-4-28-20(25)18-15(11-27-10-9-22)23-12(2)16(19(24)26-3)17(18)13-7-5-6-8-14(13)21;8-11(9,10)6-7-4-2-1-3-5-7/h5-8,17,23H,4,9-11,22H2,1-3H3;1-5H,6H2,(H,8,9,10). The molecule has 212 valence electrons. The molecular formula is C27H33ClN2O8S. The molecule has 1 atom stereocenters. The molecule has 4 N–H and O–H groups in total. The van der Waals surface area contributed by atoms with Crippen molar-refractivity contribution in [3.8, 4) is 0 Å². The molecule has 3 rings (SSSR count). The van der Waals surface area contributed by atoms with E-state index in [0.717, 1.165) is 0 Å². The van der Waals surface area contributed by atoms with E-state index in [9.17, 15) is 18.0 Å². The third-order valence-electron chi connectivity index (χ3n) is 5.46. The summed E-state index contributed by atoms with van der Waals surface area (Å²) in [7, 11) is -2.59. The second-order valence-electron chi connectivity index (χ2n) is 8.28. The van der Waals surface area contributed by atoms with Crippen LogP contribution in [0.15, 0.2) is 77.1 Å². The zero-order valence-electron chi connectivity index (χ0n) is 22.0. The van der Waals surface area contributed by atoms with Crippen LogP contribution < -0.4 is 11.1 Å². The molecule has 1 aliphatic heterocycles. The van der Waals surface area contributed by atoms with Gasteiger partial charge in [-0.25, -0.2) is 9.59 Å². The molecule has 12 heteroatoms. The van der Waals surface area contributed by atoms with E-state index in [1.54, 1.807) is 68.4 Å². The van der Waals surface area contributed by atoms with Gasteiger partial charge in [-0.15, -0.1) is 0 Å². The Morgan fingerprint density at radius 2 is 1.69 bits per heavy atom. The van der Waals surface area contributed by atoms with E-state index in [0.29, 0.717) is 46.3 Å². The average molecular weight is 581 g/mol. The Balaban J connectivity index is 0.000000404. The highest BCUT2D eigenvalue weighted by Crippen LogP contribution is 2.41. The number of nitrogens with one attached hydrogen (secondary N) is 1. The van der Waals surface area contributed by atoms with E-state index in [4.69, 9.17) is 36.1 Å². The van der Waals surface area contributed by atoms with Gasteiger partial charge in [-0.1, -0.05) is 60.1 Å². The summed E-state index contributed by atoms with van der Waals surface area (Å²) in [5.41, 5.74) is 8.29. The van der Waals surface area contributed by atoms with Gasteiger partial charge >= 0.3 is 11.9 Å². The van der Waals surface area contributed by atoms with E-state index in [2.05, 4.69) is 5.32 Å². The van der Waals surface area contributed by atoms with Crippen molar-refractivity contribution in [1.29, 1.82) is 0 Å². The largest absolute Gasteiger partial charge is 0.466 e. The topological polar surface area (TPSA) is 154 Å². The zero-order chi connectivity index (χ0) is 29.0. The van der Waals surface area contributed by atoms with Crippen molar-refractivity contribution in [2.45, 2.75) is 25.5 Å². The van der Waals surface area contributed by atoms with Gasteiger partial charge in [0.25, 0.3) is 10.1 Å². The minimum Gasteiger partial charge on any atom is -0.466 e. The number of carbonyl (C=O) groups is 2. The third-order valence-corrected chi connectivity index (χ3v) is 6.50. The first-order chi connectivity index (χ1) is 18.5. The van der Waals surface area contributed by atoms with Crippen molar-refractivity contribution in [3.05, 3.63) is 93.3 Å². The molecule has 0 saturated carbocycles. The molecule has 1 unspecified atom stereocenters. The molecule has 39 heavy (non-hydrogen) atoms. The molecule has 0 radical (unpaired) electrons. The van der Waals surface area contributed by atoms with Gasteiger partial charge in [0.1, 0.15) is 5.75 Å². The first kappa shape index (κ1) is 32.0. The number of rotatable bonds is 10. The SMILES string of the molecule is CCOC(=O)C1=C(COCCN)NC(C)=C(C(=O)OC)C1c1ccccc1Cl.O=S(=O)(O)Cc1ccccc1. The molecule has 0 bridgehead atoms. The zero-order valence-corrected chi connectivity index (χ0v) is 23.5. The van der Waals surface area contributed by atoms with Gasteiger partial charge < -0.3 is 25.3 Å². The quantitative estimate of drug-likeness (QED) is 0.216. The maximum Gasteiger partial charge on any atom is 0.336 e. The highest BCUT2D eigenvalue weighted by Gasteiger charge is 2.39. The van der Waals surface area contributed by atoms with Crippen molar-refractivity contribution in [3.63, 3.8) is 0 Å². The summed E-state index contributed by atoms with van der Waals surface area (Å²) < 4.78 is 44.9. The lowest BCUT2D eigenvalue weighted by atomic mass is 9.80. The lowest BCUT2D eigenvalue weighted by Crippen LogP contribution is -2.35. The van der Waals surface area contributed by atoms with Gasteiger partial charge in [0, 0.05) is 17.3 Å². The van der Waals surface area contributed by atoms with Crippen LogP contribution in [-0.4, -0.2) is 58.4 Å². The van der Waals surface area contributed by atoms with Crippen LogP contribution >= 0.6 is 11.6 Å². The molecule has 1 aliphatic rings. The van der Waals surface area contributed by atoms with Crippen molar-refractivity contribution < 1.29 is 36.8 Å². The normalized spacial score (nSPS) is 15.2. The number of dihydropyridines is 1. The summed E-state index contributed by atoms with van der Waals surface area (Å²) in [4.78, 5) is 25.5. The van der Waals surface area contributed by atoms with Crippen LogP contribution in [0.5, 0.6) is 0 Å². The Morgan fingerprint density at radius 3 is 2.26 bits per heavy atom. The van der Waals surface area contributed by atoms with Crippen LogP contribution in [0.1, 0.15) is 30.9 Å². The number of allylic oxidation sites excluding steroid dienone is 1. The van der Waals surface area contributed by atoms with E-state index in [1.165, 1.54) is 7.11 Å². The van der Waals surface area contributed by atoms with E-state index >= 15 is 0 Å². The van der Waals surface area contributed by atoms with Gasteiger partial charge in [0.15, 0.2) is 0 Å². The Morgan fingerprint density at radius 1 is 1.05 bits per heavy atom. The number of benzene rings is 2. The second kappa shape index (κ2) is 15.4. The highest BCUT2D eigenvalue weighted by atomic mass is 35.5. The predicted octanol–water partition coefficient (Wildman–Crippen LogP) is 3.34. The number of hydrogen-bond donors (Lipinski definition) is 3. The van der Waals surface area contributed by atoms with Gasteiger partial charge in [0.2, 0.25) is 0 Å². The molecular weight excluding hydrogens is 548 g/mol. The molecule has 0 saturated heterocycles. The number of carbonyl (C=O) groups excluding carboxylic acids is 2. The Kier molecular flexibility index (Phi) is 12.6. The Bertz CT molecular complexity index is 1310. The number of ether oxygens (including phenoxy) is 3. The van der Waals surface area contributed by atoms with Crippen LogP contribution in [0, 0.1) is 0 Å². The number of hydrogen-bond acceptors (Lipinski definition) is 9. The van der Waals surface area contributed by atoms with Gasteiger partial charge in [0.05, 0.1) is 49.7 Å². The third kappa shape index (κ3) is 9.48. The molecule has 2 aromatic rings. The molecule has 0 amide bonds. The molecule has 10 nitrogen and oxygen atoms in total. The molecule has 1 heterocycles. The van der Waals surface area contributed by atoms with Crippen molar-refractivity contribution in [2.24, 2.45) is 5.73 Å². The molecule has 0 aromatic heterocycles. The molecule has 0 aliphatic carbocycles. The first-order valence-electron chi connectivity index (χ1n) is 12.0. The first-order valence-corrected chi connectivity index (χ1v) is 14.0. The van der Waals surface area contributed by atoms with Crippen molar-refractivity contribution >= 4 is 33.7 Å². The fourth-order valence-electron chi connectivity index (χ4n) is 3.90. The minimum atomic E-state index is -3.88. The molecule has 2 aromatic carbocycles. The van der Waals surface area contributed by atoms with E-state index < -0.39 is 28.0 Å². The number of halogens is 1. The van der Waals surface area contributed by atoms with Gasteiger partial charge in [-0.3, -0.25) is 4.55 Å². The van der Waals surface area contributed by atoms with Crippen molar-refractivity contribution in [1.82, 2.24) is 5.32 Å². The van der Waals surface area contributed by atoms with Gasteiger partial charge in [-0.2, -0.15) is 8.42 Å². The van der Waals surface area contributed by atoms with Crippen LogP contribution in [0.2, 0.25) is 5.02 Å². The summed E-state index contributed by atoms with van der Waals surface area (Å²) in [5.74, 6) is -2.18. The number of esters is 2. The monoisotopic (exact) mass is 580 g/mol. The summed E-state index contributed by atoms with van der Waals surface area (Å²) in [6.07, 6.45) is 0. The fourth-order valence-corrected chi connectivity index (χ4v) is 4.76. The van der Waals surface area contributed by atoms with Crippen LogP contribution in [0.25, 0.3) is 0 Å². The van der Waals surface area contributed by atoms with E-state index in [-0.39, 0.29) is 24.5 Å². The maximum absolute atomic E-state index is 12.9. The highest BCUT2D eigenvalue weighted by molar-refractivity contribution is 7.85. The minimum absolute atomic E-state index is 0.109. The Hall–Kier alpha value is -3.22. The lowest BCUT2D eigenvalue weighted by molar-refractivity contribution is -0.139. The summed E-state index contributed by atoms with van der Waals surface area (Å²) in [5, 5.41) is 3.52. The number of methoxy groups -OCH3 is 1. The fraction of sp³-hybridized carbons (Fsp3) is 0.333. The smallest absolute Gasteiger partial charge is 0.336 e. The summed E-state index contributed by atoms with van der Waals surface area (Å²) >= 11 is 6.42. The molecule has 0 spiro atoms. The number of nitrogens with two attached hydrogens (primary N) is 1. The van der Waals surface area contributed by atoms with Crippen LogP contribution in [0.3, 0.4) is 0 Å². The second-order valence-corrected chi connectivity index (χ2v) is 10.1. The lowest BCUT2D eigenvalue weighted by Gasteiger charge is -2.31. The average Bonchev–Trinajstić information content (AvgIpc) is 2.88.